The van der Waals surface area contributed by atoms with E-state index in [4.69, 9.17) is 16.3 Å². The molecule has 0 heterocycles. The summed E-state index contributed by atoms with van der Waals surface area (Å²) in [4.78, 5) is 29.5. The Bertz CT molecular complexity index is 1510. The minimum Gasteiger partial charge on any atom is -0.495 e. The topological polar surface area (TPSA) is 96.0 Å². The van der Waals surface area contributed by atoms with Crippen LogP contribution < -0.4 is 14.4 Å². The van der Waals surface area contributed by atoms with Gasteiger partial charge in [0.2, 0.25) is 11.8 Å². The standard InChI is InChI=1S/C34H42ClN3O5S/c1-4-31(34(40)36-27-13-9-6-10-14-27)37(22-21-26-11-7-5-8-12-26)33(39)24-38(28-17-20-32(43-3)30(35)23-28)44(41,42)29-18-15-25(2)16-19-29/h5,7-8,11-12,15-20,23,27,31H,4,6,9-10,13-14,21-22,24H2,1-3H3,(H,36,40). The quantitative estimate of drug-likeness (QED) is 0.242. The smallest absolute Gasteiger partial charge is 0.264 e. The molecule has 1 fully saturated rings. The van der Waals surface area contributed by atoms with Crippen molar-refractivity contribution in [3.63, 3.8) is 0 Å². The zero-order valence-electron chi connectivity index (χ0n) is 25.7. The molecule has 0 spiro atoms. The molecular formula is C34H42ClN3O5S. The Hall–Kier alpha value is -3.56. The molecule has 2 amide bonds. The zero-order valence-corrected chi connectivity index (χ0v) is 27.2. The van der Waals surface area contributed by atoms with E-state index in [0.717, 1.165) is 47.5 Å². The van der Waals surface area contributed by atoms with Gasteiger partial charge in [-0.3, -0.25) is 13.9 Å². The van der Waals surface area contributed by atoms with Crippen LogP contribution in [0.5, 0.6) is 5.75 Å². The molecule has 3 aromatic carbocycles. The number of methoxy groups -OCH3 is 1. The highest BCUT2D eigenvalue weighted by Gasteiger charge is 2.34. The molecule has 4 rings (SSSR count). The maximum absolute atomic E-state index is 14.3. The Morgan fingerprint density at radius 3 is 2.30 bits per heavy atom. The second-order valence-corrected chi connectivity index (χ2v) is 13.5. The van der Waals surface area contributed by atoms with Gasteiger partial charge in [-0.25, -0.2) is 8.42 Å². The first-order chi connectivity index (χ1) is 21.1. The van der Waals surface area contributed by atoms with E-state index in [2.05, 4.69) is 5.32 Å². The lowest BCUT2D eigenvalue weighted by Gasteiger charge is -2.34. The number of hydrogen-bond acceptors (Lipinski definition) is 5. The van der Waals surface area contributed by atoms with Gasteiger partial charge in [0.1, 0.15) is 18.3 Å². The number of nitrogens with zero attached hydrogens (tertiary/aromatic N) is 2. The molecule has 1 aliphatic rings. The number of benzene rings is 3. The molecule has 1 unspecified atom stereocenters. The minimum atomic E-state index is -4.19. The fourth-order valence-corrected chi connectivity index (χ4v) is 7.27. The first-order valence-corrected chi connectivity index (χ1v) is 17.0. The monoisotopic (exact) mass is 639 g/mol. The van der Waals surface area contributed by atoms with Gasteiger partial charge in [-0.05, 0) is 68.5 Å². The van der Waals surface area contributed by atoms with E-state index in [9.17, 15) is 18.0 Å². The van der Waals surface area contributed by atoms with E-state index in [1.807, 2.05) is 44.2 Å². The van der Waals surface area contributed by atoms with Gasteiger partial charge in [-0.2, -0.15) is 0 Å². The van der Waals surface area contributed by atoms with Crippen molar-refractivity contribution in [3.05, 3.63) is 88.9 Å². The van der Waals surface area contributed by atoms with Gasteiger partial charge >= 0.3 is 0 Å². The highest BCUT2D eigenvalue weighted by atomic mass is 35.5. The third kappa shape index (κ3) is 8.33. The van der Waals surface area contributed by atoms with E-state index in [0.29, 0.717) is 18.6 Å². The average molecular weight is 640 g/mol. The van der Waals surface area contributed by atoms with E-state index < -0.39 is 28.5 Å². The third-order valence-corrected chi connectivity index (χ3v) is 10.2. The van der Waals surface area contributed by atoms with Crippen molar-refractivity contribution >= 4 is 39.1 Å². The van der Waals surface area contributed by atoms with Crippen LogP contribution in [0, 0.1) is 6.92 Å². The van der Waals surface area contributed by atoms with E-state index in [-0.39, 0.29) is 34.1 Å². The fourth-order valence-electron chi connectivity index (χ4n) is 5.62. The normalized spacial score (nSPS) is 14.5. The Labute approximate surface area is 266 Å². The Kier molecular flexibility index (Phi) is 11.7. The summed E-state index contributed by atoms with van der Waals surface area (Å²) >= 11 is 6.42. The predicted molar refractivity (Wildman–Crippen MR) is 175 cm³/mol. The molecule has 1 saturated carbocycles. The van der Waals surface area contributed by atoms with Crippen molar-refractivity contribution in [2.75, 3.05) is 24.5 Å². The number of carbonyl (C=O) groups is 2. The van der Waals surface area contributed by atoms with Crippen molar-refractivity contribution in [1.29, 1.82) is 0 Å². The molecule has 236 valence electrons. The van der Waals surface area contributed by atoms with E-state index >= 15 is 0 Å². The molecule has 1 N–H and O–H groups in total. The van der Waals surface area contributed by atoms with Gasteiger partial charge < -0.3 is 15.0 Å². The Morgan fingerprint density at radius 2 is 1.68 bits per heavy atom. The maximum atomic E-state index is 14.3. The molecule has 0 radical (unpaired) electrons. The second kappa shape index (κ2) is 15.4. The van der Waals surface area contributed by atoms with Gasteiger partial charge in [0.15, 0.2) is 0 Å². The Balaban J connectivity index is 1.69. The van der Waals surface area contributed by atoms with Crippen LogP contribution in [-0.2, 0) is 26.0 Å². The zero-order chi connectivity index (χ0) is 31.7. The lowest BCUT2D eigenvalue weighted by molar-refractivity contribution is -0.140. The number of sulfonamides is 1. The first-order valence-electron chi connectivity index (χ1n) is 15.2. The Morgan fingerprint density at radius 1 is 1.00 bits per heavy atom. The van der Waals surface area contributed by atoms with Crippen molar-refractivity contribution < 1.29 is 22.7 Å². The summed E-state index contributed by atoms with van der Waals surface area (Å²) in [5.41, 5.74) is 2.13. The summed E-state index contributed by atoms with van der Waals surface area (Å²) in [6.07, 6.45) is 6.02. The van der Waals surface area contributed by atoms with Crippen molar-refractivity contribution in [3.8, 4) is 5.75 Å². The van der Waals surface area contributed by atoms with Gasteiger partial charge in [-0.15, -0.1) is 0 Å². The number of anilines is 1. The van der Waals surface area contributed by atoms with Crippen LogP contribution in [0.1, 0.15) is 56.6 Å². The number of hydrogen-bond donors (Lipinski definition) is 1. The third-order valence-electron chi connectivity index (χ3n) is 8.13. The average Bonchev–Trinajstić information content (AvgIpc) is 3.02. The minimum absolute atomic E-state index is 0.0424. The first kappa shape index (κ1) is 33.3. The van der Waals surface area contributed by atoms with E-state index in [1.54, 1.807) is 24.3 Å². The highest BCUT2D eigenvalue weighted by Crippen LogP contribution is 2.32. The van der Waals surface area contributed by atoms with Crippen LogP contribution in [0.4, 0.5) is 5.69 Å². The van der Waals surface area contributed by atoms with E-state index in [1.165, 1.54) is 30.2 Å². The summed E-state index contributed by atoms with van der Waals surface area (Å²) in [5.74, 6) is -0.306. The summed E-state index contributed by atoms with van der Waals surface area (Å²) in [6.45, 7) is 3.48. The van der Waals surface area contributed by atoms with Crippen LogP contribution >= 0.6 is 11.6 Å². The molecule has 3 aromatic rings. The molecule has 0 saturated heterocycles. The predicted octanol–water partition coefficient (Wildman–Crippen LogP) is 6.15. The SMILES string of the molecule is CCC(C(=O)NC1CCCCC1)N(CCc1ccccc1)C(=O)CN(c1ccc(OC)c(Cl)c1)S(=O)(=O)c1ccc(C)cc1. The number of aryl methyl sites for hydroxylation is 1. The van der Waals surface area contributed by atoms with Gasteiger partial charge in [-0.1, -0.05) is 85.8 Å². The molecule has 1 atom stereocenters. The molecule has 0 bridgehead atoms. The van der Waals surface area contributed by atoms with Crippen molar-refractivity contribution in [2.45, 2.75) is 75.8 Å². The van der Waals surface area contributed by atoms with Crippen LogP contribution in [-0.4, -0.2) is 57.4 Å². The molecule has 0 aromatic heterocycles. The molecule has 44 heavy (non-hydrogen) atoms. The number of nitrogens with one attached hydrogen (secondary N) is 1. The number of amides is 2. The van der Waals surface area contributed by atoms with Crippen LogP contribution in [0.25, 0.3) is 0 Å². The maximum Gasteiger partial charge on any atom is 0.264 e. The van der Waals surface area contributed by atoms with Crippen LogP contribution in [0.15, 0.2) is 77.7 Å². The molecule has 10 heteroatoms. The second-order valence-electron chi connectivity index (χ2n) is 11.2. The summed E-state index contributed by atoms with van der Waals surface area (Å²) in [5, 5.41) is 3.38. The van der Waals surface area contributed by atoms with Crippen LogP contribution in [0.3, 0.4) is 0 Å². The molecule has 1 aliphatic carbocycles. The van der Waals surface area contributed by atoms with Crippen LogP contribution in [0.2, 0.25) is 5.02 Å². The van der Waals surface area contributed by atoms with Crippen molar-refractivity contribution in [1.82, 2.24) is 10.2 Å². The van der Waals surface area contributed by atoms with Crippen molar-refractivity contribution in [2.24, 2.45) is 0 Å². The number of ether oxygens (including phenoxy) is 1. The highest BCUT2D eigenvalue weighted by molar-refractivity contribution is 7.92. The van der Waals surface area contributed by atoms with Gasteiger partial charge in [0, 0.05) is 12.6 Å². The number of rotatable bonds is 13. The molecular weight excluding hydrogens is 598 g/mol. The lowest BCUT2D eigenvalue weighted by atomic mass is 9.95. The lowest BCUT2D eigenvalue weighted by Crippen LogP contribution is -2.54. The summed E-state index contributed by atoms with van der Waals surface area (Å²) in [6, 6.07) is 20.1. The summed E-state index contributed by atoms with van der Waals surface area (Å²) in [7, 11) is -2.72. The molecule has 8 nitrogen and oxygen atoms in total. The largest absolute Gasteiger partial charge is 0.495 e. The fraction of sp³-hybridized carbons (Fsp3) is 0.412. The number of carbonyl (C=O) groups excluding carboxylic acids is 2. The van der Waals surface area contributed by atoms with Gasteiger partial charge in [0.25, 0.3) is 10.0 Å². The number of halogens is 1. The molecule has 0 aliphatic heterocycles. The van der Waals surface area contributed by atoms with Gasteiger partial charge in [0.05, 0.1) is 22.7 Å². The summed E-state index contributed by atoms with van der Waals surface area (Å²) < 4.78 is 34.5.